The normalized spacial score (nSPS) is 10.7. The second-order valence-electron chi connectivity index (χ2n) is 4.19. The number of nitrogens with one attached hydrogen (secondary N) is 1. The lowest BCUT2D eigenvalue weighted by atomic mass is 10.3. The van der Waals surface area contributed by atoms with Crippen LogP contribution in [0.2, 0.25) is 0 Å². The summed E-state index contributed by atoms with van der Waals surface area (Å²) in [7, 11) is 8.03. The molecule has 0 saturated heterocycles. The number of hydrogen-bond donors (Lipinski definition) is 1. The first-order valence-corrected chi connectivity index (χ1v) is 6.40. The molecule has 0 radical (unpaired) electrons. The van der Waals surface area contributed by atoms with Crippen molar-refractivity contribution in [3.63, 3.8) is 0 Å². The van der Waals surface area contributed by atoms with Crippen LogP contribution in [-0.4, -0.2) is 56.1 Å². The smallest absolute Gasteiger partial charge is 0.224 e. The van der Waals surface area contributed by atoms with Gasteiger partial charge in [0.1, 0.15) is 5.82 Å². The van der Waals surface area contributed by atoms with E-state index in [2.05, 4.69) is 55.1 Å². The zero-order valence-electron chi connectivity index (χ0n) is 10.9. The SMILES string of the molecule is CNc1ncc(Br)c(N(C)CCCN(C)C)n1. The Hall–Kier alpha value is -0.880. The fraction of sp³-hybridized carbons (Fsp3) is 0.636. The molecule has 0 spiro atoms. The van der Waals surface area contributed by atoms with Gasteiger partial charge in [0.25, 0.3) is 0 Å². The minimum absolute atomic E-state index is 0.641. The second kappa shape index (κ2) is 6.76. The molecule has 17 heavy (non-hydrogen) atoms. The largest absolute Gasteiger partial charge is 0.359 e. The van der Waals surface area contributed by atoms with Crippen LogP contribution in [0.4, 0.5) is 11.8 Å². The number of anilines is 2. The molecule has 0 aliphatic heterocycles. The third-order valence-corrected chi connectivity index (χ3v) is 2.97. The first-order valence-electron chi connectivity index (χ1n) is 5.60. The topological polar surface area (TPSA) is 44.3 Å². The van der Waals surface area contributed by atoms with Crippen molar-refractivity contribution in [1.29, 1.82) is 0 Å². The summed E-state index contributed by atoms with van der Waals surface area (Å²) in [4.78, 5) is 12.9. The highest BCUT2D eigenvalue weighted by molar-refractivity contribution is 9.10. The molecule has 6 heteroatoms. The summed E-state index contributed by atoms with van der Waals surface area (Å²) in [6.45, 7) is 2.04. The van der Waals surface area contributed by atoms with Crippen LogP contribution in [0.5, 0.6) is 0 Å². The average Bonchev–Trinajstić information content (AvgIpc) is 2.29. The Kier molecular flexibility index (Phi) is 5.64. The number of aromatic nitrogens is 2. The summed E-state index contributed by atoms with van der Waals surface area (Å²) < 4.78 is 0.920. The first-order chi connectivity index (χ1) is 8.04. The lowest BCUT2D eigenvalue weighted by Gasteiger charge is -2.20. The molecular weight excluding hydrogens is 282 g/mol. The van der Waals surface area contributed by atoms with E-state index < -0.39 is 0 Å². The lowest BCUT2D eigenvalue weighted by molar-refractivity contribution is 0.401. The van der Waals surface area contributed by atoms with Gasteiger partial charge in [-0.05, 0) is 43.0 Å². The molecule has 0 fully saturated rings. The molecule has 0 bridgehead atoms. The zero-order valence-corrected chi connectivity index (χ0v) is 12.5. The van der Waals surface area contributed by atoms with Gasteiger partial charge >= 0.3 is 0 Å². The molecule has 0 atom stereocenters. The molecule has 1 aromatic rings. The molecule has 0 aromatic carbocycles. The molecule has 1 rings (SSSR count). The molecule has 0 unspecified atom stereocenters. The zero-order chi connectivity index (χ0) is 12.8. The van der Waals surface area contributed by atoms with Crippen molar-refractivity contribution < 1.29 is 0 Å². The molecule has 0 aliphatic carbocycles. The number of nitrogens with zero attached hydrogens (tertiary/aromatic N) is 4. The molecule has 96 valence electrons. The monoisotopic (exact) mass is 301 g/mol. The van der Waals surface area contributed by atoms with Gasteiger partial charge in [0.15, 0.2) is 0 Å². The van der Waals surface area contributed by atoms with Gasteiger partial charge in [-0.2, -0.15) is 4.98 Å². The minimum Gasteiger partial charge on any atom is -0.359 e. The van der Waals surface area contributed by atoms with Gasteiger partial charge < -0.3 is 15.1 Å². The maximum absolute atomic E-state index is 4.43. The maximum atomic E-state index is 4.43. The van der Waals surface area contributed by atoms with E-state index in [0.717, 1.165) is 29.8 Å². The summed E-state index contributed by atoms with van der Waals surface area (Å²) in [5, 5.41) is 2.95. The quantitative estimate of drug-likeness (QED) is 0.866. The van der Waals surface area contributed by atoms with Crippen molar-refractivity contribution in [3.05, 3.63) is 10.7 Å². The highest BCUT2D eigenvalue weighted by atomic mass is 79.9. The lowest BCUT2D eigenvalue weighted by Crippen LogP contribution is -2.24. The van der Waals surface area contributed by atoms with Crippen LogP contribution in [0.25, 0.3) is 0 Å². The van der Waals surface area contributed by atoms with Crippen LogP contribution in [0.3, 0.4) is 0 Å². The summed E-state index contributed by atoms with van der Waals surface area (Å²) in [5.74, 6) is 1.56. The number of hydrogen-bond acceptors (Lipinski definition) is 5. The van der Waals surface area contributed by atoms with E-state index >= 15 is 0 Å². The Bertz CT molecular complexity index is 356. The second-order valence-corrected chi connectivity index (χ2v) is 5.05. The van der Waals surface area contributed by atoms with Crippen molar-refractivity contribution in [2.75, 3.05) is 51.5 Å². The summed E-state index contributed by atoms with van der Waals surface area (Å²) in [5.41, 5.74) is 0. The average molecular weight is 302 g/mol. The van der Waals surface area contributed by atoms with Crippen LogP contribution in [0, 0.1) is 0 Å². The molecule has 1 N–H and O–H groups in total. The number of halogens is 1. The van der Waals surface area contributed by atoms with E-state index in [9.17, 15) is 0 Å². The molecule has 0 saturated carbocycles. The summed E-state index contributed by atoms with van der Waals surface area (Å²) >= 11 is 3.48. The van der Waals surface area contributed by atoms with Crippen molar-refractivity contribution in [3.8, 4) is 0 Å². The summed E-state index contributed by atoms with van der Waals surface area (Å²) in [6, 6.07) is 0. The van der Waals surface area contributed by atoms with Gasteiger partial charge in [0.2, 0.25) is 5.95 Å². The third kappa shape index (κ3) is 4.47. The highest BCUT2D eigenvalue weighted by Gasteiger charge is 2.09. The Balaban J connectivity index is 2.64. The van der Waals surface area contributed by atoms with Gasteiger partial charge in [-0.15, -0.1) is 0 Å². The van der Waals surface area contributed by atoms with Crippen molar-refractivity contribution >= 4 is 27.7 Å². The van der Waals surface area contributed by atoms with E-state index in [1.54, 1.807) is 6.20 Å². The van der Waals surface area contributed by atoms with Gasteiger partial charge in [0, 0.05) is 26.8 Å². The standard InChI is InChI=1S/C11H20BrN5/c1-13-11-14-8-9(12)10(15-11)17(4)7-5-6-16(2)3/h8H,5-7H2,1-4H3,(H,13,14,15). The fourth-order valence-corrected chi connectivity index (χ4v) is 1.97. The van der Waals surface area contributed by atoms with Gasteiger partial charge in [-0.3, -0.25) is 0 Å². The first kappa shape index (κ1) is 14.2. The Morgan fingerprint density at radius 3 is 2.59 bits per heavy atom. The van der Waals surface area contributed by atoms with Crippen LogP contribution in [0.1, 0.15) is 6.42 Å². The Morgan fingerprint density at radius 1 is 1.29 bits per heavy atom. The van der Waals surface area contributed by atoms with Crippen LogP contribution in [0.15, 0.2) is 10.7 Å². The van der Waals surface area contributed by atoms with E-state index in [0.29, 0.717) is 5.95 Å². The van der Waals surface area contributed by atoms with Crippen molar-refractivity contribution in [2.24, 2.45) is 0 Å². The minimum atomic E-state index is 0.641. The molecule has 5 nitrogen and oxygen atoms in total. The van der Waals surface area contributed by atoms with Gasteiger partial charge in [-0.1, -0.05) is 0 Å². The molecular formula is C11H20BrN5. The number of rotatable bonds is 6. The van der Waals surface area contributed by atoms with E-state index in [4.69, 9.17) is 0 Å². The Labute approximate surface area is 111 Å². The van der Waals surface area contributed by atoms with Crippen molar-refractivity contribution in [1.82, 2.24) is 14.9 Å². The maximum Gasteiger partial charge on any atom is 0.224 e. The van der Waals surface area contributed by atoms with E-state index in [1.807, 2.05) is 14.1 Å². The van der Waals surface area contributed by atoms with Gasteiger partial charge in [0.05, 0.1) is 4.47 Å². The molecule has 0 amide bonds. The molecule has 0 aliphatic rings. The van der Waals surface area contributed by atoms with Gasteiger partial charge in [-0.25, -0.2) is 4.98 Å². The van der Waals surface area contributed by atoms with Crippen LogP contribution < -0.4 is 10.2 Å². The van der Waals surface area contributed by atoms with Crippen molar-refractivity contribution in [2.45, 2.75) is 6.42 Å². The van der Waals surface area contributed by atoms with E-state index in [-0.39, 0.29) is 0 Å². The predicted octanol–water partition coefficient (Wildman–Crippen LogP) is 1.67. The Morgan fingerprint density at radius 2 is 2.00 bits per heavy atom. The fourth-order valence-electron chi connectivity index (χ4n) is 1.48. The van der Waals surface area contributed by atoms with Crippen LogP contribution >= 0.6 is 15.9 Å². The molecule has 1 heterocycles. The van der Waals surface area contributed by atoms with Crippen LogP contribution in [-0.2, 0) is 0 Å². The third-order valence-electron chi connectivity index (χ3n) is 2.41. The summed E-state index contributed by atoms with van der Waals surface area (Å²) in [6.07, 6.45) is 2.88. The highest BCUT2D eigenvalue weighted by Crippen LogP contribution is 2.23. The molecule has 1 aromatic heterocycles. The predicted molar refractivity (Wildman–Crippen MR) is 75.7 cm³/mol. The van der Waals surface area contributed by atoms with E-state index in [1.165, 1.54) is 0 Å².